The summed E-state index contributed by atoms with van der Waals surface area (Å²) in [4.78, 5) is 12.9. The van der Waals surface area contributed by atoms with E-state index >= 15 is 0 Å². The molecule has 0 aromatic rings. The van der Waals surface area contributed by atoms with Crippen molar-refractivity contribution in [3.63, 3.8) is 0 Å². The molecule has 0 aliphatic carbocycles. The number of carboxylic acids is 1. The van der Waals surface area contributed by atoms with Crippen LogP contribution in [0.3, 0.4) is 0 Å². The summed E-state index contributed by atoms with van der Waals surface area (Å²) >= 11 is 0. The fourth-order valence-electron chi connectivity index (χ4n) is 2.40. The van der Waals surface area contributed by atoms with Crippen LogP contribution in [0.2, 0.25) is 0 Å². The van der Waals surface area contributed by atoms with Gasteiger partial charge in [0.15, 0.2) is 0 Å². The average molecular weight is 243 g/mol. The molecule has 0 radical (unpaired) electrons. The molecule has 4 nitrogen and oxygen atoms in total. The Hall–Kier alpha value is -0.610. The molecule has 0 bridgehead atoms. The lowest BCUT2D eigenvalue weighted by molar-refractivity contribution is -0.138. The molecule has 100 valence electrons. The van der Waals surface area contributed by atoms with Gasteiger partial charge in [0.1, 0.15) is 0 Å². The molecule has 1 saturated heterocycles. The summed E-state index contributed by atoms with van der Waals surface area (Å²) in [6, 6.07) is 0.667. The molecule has 1 heterocycles. The van der Waals surface area contributed by atoms with Gasteiger partial charge >= 0.3 is 5.97 Å². The van der Waals surface area contributed by atoms with E-state index in [0.717, 1.165) is 25.9 Å². The van der Waals surface area contributed by atoms with Gasteiger partial charge in [0.25, 0.3) is 0 Å². The van der Waals surface area contributed by atoms with Crippen LogP contribution in [0, 0.1) is 0 Å². The number of nitrogens with zero attached hydrogens (tertiary/aromatic N) is 1. The summed E-state index contributed by atoms with van der Waals surface area (Å²) in [6.45, 7) is 7.02. The van der Waals surface area contributed by atoms with E-state index in [4.69, 9.17) is 9.84 Å². The predicted octanol–water partition coefficient (Wildman–Crippen LogP) is 2.13. The predicted molar refractivity (Wildman–Crippen MR) is 67.2 cm³/mol. The van der Waals surface area contributed by atoms with E-state index in [-0.39, 0.29) is 12.5 Å². The quantitative estimate of drug-likeness (QED) is 0.744. The molecule has 0 saturated carbocycles. The van der Waals surface area contributed by atoms with Gasteiger partial charge in [-0.2, -0.15) is 0 Å². The zero-order valence-electron chi connectivity index (χ0n) is 11.0. The van der Waals surface area contributed by atoms with E-state index in [1.165, 1.54) is 12.8 Å². The second-order valence-corrected chi connectivity index (χ2v) is 4.89. The highest BCUT2D eigenvalue weighted by Crippen LogP contribution is 2.18. The second kappa shape index (κ2) is 7.67. The first-order valence-corrected chi connectivity index (χ1v) is 6.71. The van der Waals surface area contributed by atoms with Crippen molar-refractivity contribution < 1.29 is 14.6 Å². The highest BCUT2D eigenvalue weighted by molar-refractivity contribution is 5.66. The van der Waals surface area contributed by atoms with E-state index in [1.807, 2.05) is 0 Å². The molecule has 0 spiro atoms. The van der Waals surface area contributed by atoms with Crippen LogP contribution in [0.5, 0.6) is 0 Å². The van der Waals surface area contributed by atoms with Gasteiger partial charge < -0.3 is 14.7 Å². The molecule has 0 aromatic heterocycles. The van der Waals surface area contributed by atoms with Gasteiger partial charge in [-0.25, -0.2) is 0 Å². The molecule has 1 aliphatic heterocycles. The summed E-state index contributed by atoms with van der Waals surface area (Å²) in [5.74, 6) is -0.779. The normalized spacial score (nSPS) is 20.4. The standard InChI is InChI=1S/C13H25NO3/c1-3-4-11(2)14-8-5-12(6-9-14)17-10-7-13(15)16/h11-12H,3-10H2,1-2H3,(H,15,16). The number of hydrogen-bond acceptors (Lipinski definition) is 3. The number of piperidine rings is 1. The summed E-state index contributed by atoms with van der Waals surface area (Å²) in [6.07, 6.45) is 4.94. The van der Waals surface area contributed by atoms with Gasteiger partial charge in [-0.1, -0.05) is 13.3 Å². The Morgan fingerprint density at radius 1 is 1.47 bits per heavy atom. The first-order chi connectivity index (χ1) is 8.13. The fourth-order valence-corrected chi connectivity index (χ4v) is 2.40. The monoisotopic (exact) mass is 243 g/mol. The maximum atomic E-state index is 10.4. The van der Waals surface area contributed by atoms with Gasteiger partial charge in [0, 0.05) is 19.1 Å². The van der Waals surface area contributed by atoms with Crippen molar-refractivity contribution in [3.8, 4) is 0 Å². The minimum absolute atomic E-state index is 0.118. The van der Waals surface area contributed by atoms with Crippen molar-refractivity contribution in [2.45, 2.75) is 58.1 Å². The summed E-state index contributed by atoms with van der Waals surface area (Å²) in [5, 5.41) is 8.53. The second-order valence-electron chi connectivity index (χ2n) is 4.89. The third-order valence-corrected chi connectivity index (χ3v) is 3.48. The van der Waals surface area contributed by atoms with Crippen molar-refractivity contribution in [1.82, 2.24) is 4.90 Å². The first-order valence-electron chi connectivity index (χ1n) is 6.71. The maximum Gasteiger partial charge on any atom is 0.305 e. The molecular weight excluding hydrogens is 218 g/mol. The topological polar surface area (TPSA) is 49.8 Å². The Labute approximate surface area is 104 Å². The number of hydrogen-bond donors (Lipinski definition) is 1. The fraction of sp³-hybridized carbons (Fsp3) is 0.923. The Morgan fingerprint density at radius 2 is 2.12 bits per heavy atom. The molecule has 1 rings (SSSR count). The van der Waals surface area contributed by atoms with Crippen LogP contribution in [0.4, 0.5) is 0 Å². The first kappa shape index (κ1) is 14.5. The largest absolute Gasteiger partial charge is 0.481 e. The number of carbonyl (C=O) groups is 1. The third-order valence-electron chi connectivity index (χ3n) is 3.48. The van der Waals surface area contributed by atoms with Gasteiger partial charge in [-0.3, -0.25) is 4.79 Å². The van der Waals surface area contributed by atoms with Crippen LogP contribution in [0.1, 0.15) is 46.0 Å². The number of carboxylic acid groups (broad SMARTS) is 1. The van der Waals surface area contributed by atoms with Gasteiger partial charge in [0.2, 0.25) is 0 Å². The van der Waals surface area contributed by atoms with Crippen molar-refractivity contribution >= 4 is 5.97 Å². The highest BCUT2D eigenvalue weighted by Gasteiger charge is 2.22. The van der Waals surface area contributed by atoms with Crippen molar-refractivity contribution in [2.24, 2.45) is 0 Å². The van der Waals surface area contributed by atoms with Crippen molar-refractivity contribution in [2.75, 3.05) is 19.7 Å². The summed E-state index contributed by atoms with van der Waals surface area (Å²) in [5.41, 5.74) is 0. The van der Waals surface area contributed by atoms with E-state index in [9.17, 15) is 4.79 Å². The van der Waals surface area contributed by atoms with Gasteiger partial charge in [-0.05, 0) is 26.2 Å². The lowest BCUT2D eigenvalue weighted by Crippen LogP contribution is -2.42. The Morgan fingerprint density at radius 3 is 2.65 bits per heavy atom. The molecule has 1 unspecified atom stereocenters. The number of ether oxygens (including phenoxy) is 1. The van der Waals surface area contributed by atoms with Gasteiger partial charge in [-0.15, -0.1) is 0 Å². The van der Waals surface area contributed by atoms with Crippen LogP contribution < -0.4 is 0 Å². The van der Waals surface area contributed by atoms with Crippen LogP contribution in [0.15, 0.2) is 0 Å². The van der Waals surface area contributed by atoms with E-state index < -0.39 is 5.97 Å². The molecule has 0 amide bonds. The zero-order valence-corrected chi connectivity index (χ0v) is 11.0. The molecule has 4 heteroatoms. The number of rotatable bonds is 7. The molecular formula is C13H25NO3. The zero-order chi connectivity index (χ0) is 12.7. The Bertz CT molecular complexity index is 225. The minimum atomic E-state index is -0.779. The smallest absolute Gasteiger partial charge is 0.305 e. The molecule has 1 fully saturated rings. The molecule has 1 atom stereocenters. The van der Waals surface area contributed by atoms with Crippen LogP contribution >= 0.6 is 0 Å². The third kappa shape index (κ3) is 5.50. The van der Waals surface area contributed by atoms with Crippen LogP contribution in [0.25, 0.3) is 0 Å². The van der Waals surface area contributed by atoms with Crippen molar-refractivity contribution in [3.05, 3.63) is 0 Å². The van der Waals surface area contributed by atoms with E-state index in [0.29, 0.717) is 12.6 Å². The Balaban J connectivity index is 2.14. The summed E-state index contributed by atoms with van der Waals surface area (Å²) in [7, 11) is 0. The van der Waals surface area contributed by atoms with Gasteiger partial charge in [0.05, 0.1) is 19.1 Å². The average Bonchev–Trinajstić information content (AvgIpc) is 2.30. The van der Waals surface area contributed by atoms with Crippen LogP contribution in [-0.2, 0) is 9.53 Å². The SMILES string of the molecule is CCCC(C)N1CCC(OCCC(=O)O)CC1. The number of aliphatic carboxylic acids is 1. The Kier molecular flexibility index (Phi) is 6.52. The number of likely N-dealkylation sites (tertiary alicyclic amines) is 1. The summed E-state index contributed by atoms with van der Waals surface area (Å²) < 4.78 is 5.57. The minimum Gasteiger partial charge on any atom is -0.481 e. The molecule has 1 N–H and O–H groups in total. The lowest BCUT2D eigenvalue weighted by atomic mass is 10.0. The molecule has 17 heavy (non-hydrogen) atoms. The molecule has 0 aromatic carbocycles. The van der Waals surface area contributed by atoms with Crippen molar-refractivity contribution in [1.29, 1.82) is 0 Å². The van der Waals surface area contributed by atoms with E-state index in [2.05, 4.69) is 18.7 Å². The molecule has 1 aliphatic rings. The van der Waals surface area contributed by atoms with Crippen LogP contribution in [-0.4, -0.2) is 47.8 Å². The highest BCUT2D eigenvalue weighted by atomic mass is 16.5. The van der Waals surface area contributed by atoms with E-state index in [1.54, 1.807) is 0 Å². The lowest BCUT2D eigenvalue weighted by Gasteiger charge is -2.35. The maximum absolute atomic E-state index is 10.4.